The molecule has 0 amide bonds. The van der Waals surface area contributed by atoms with Crippen LogP contribution in [-0.4, -0.2) is 30.2 Å². The zero-order valence-electron chi connectivity index (χ0n) is 10.2. The normalized spacial score (nSPS) is 19.9. The summed E-state index contributed by atoms with van der Waals surface area (Å²) in [5.41, 5.74) is 0.228. The molecule has 0 spiro atoms. The van der Waals surface area contributed by atoms with Crippen LogP contribution in [-0.2, 0) is 0 Å². The quantitative estimate of drug-likeness (QED) is 0.790. The molecule has 0 saturated heterocycles. The lowest BCUT2D eigenvalue weighted by Gasteiger charge is -2.27. The van der Waals surface area contributed by atoms with E-state index in [1.807, 2.05) is 0 Å². The second-order valence-electron chi connectivity index (χ2n) is 5.07. The van der Waals surface area contributed by atoms with Gasteiger partial charge < -0.3 is 5.32 Å². The van der Waals surface area contributed by atoms with E-state index in [9.17, 15) is 13.2 Å². The van der Waals surface area contributed by atoms with E-state index in [1.165, 1.54) is 0 Å². The molecule has 0 bridgehead atoms. The van der Waals surface area contributed by atoms with E-state index in [-0.39, 0.29) is 11.8 Å². The van der Waals surface area contributed by atoms with E-state index in [4.69, 9.17) is 0 Å². The number of rotatable bonds is 4. The number of nitrogens with zero attached hydrogens (tertiary/aromatic N) is 1. The minimum absolute atomic E-state index is 0.180. The summed E-state index contributed by atoms with van der Waals surface area (Å²) >= 11 is 1.65. The predicted molar refractivity (Wildman–Crippen MR) is 66.4 cm³/mol. The van der Waals surface area contributed by atoms with Crippen LogP contribution in [0.25, 0.3) is 0 Å². The molecule has 0 aromatic carbocycles. The second kappa shape index (κ2) is 5.98. The molecule has 0 aromatic heterocycles. The summed E-state index contributed by atoms with van der Waals surface area (Å²) in [6.07, 6.45) is -4.01. The van der Waals surface area contributed by atoms with Crippen molar-refractivity contribution < 1.29 is 13.2 Å². The van der Waals surface area contributed by atoms with Gasteiger partial charge in [0.2, 0.25) is 0 Å². The number of aliphatic imine (C=N–C) groups is 1. The molecule has 2 nitrogen and oxygen atoms in total. The van der Waals surface area contributed by atoms with E-state index in [0.717, 1.165) is 17.5 Å². The third-order valence-electron chi connectivity index (χ3n) is 2.41. The Morgan fingerprint density at radius 3 is 2.59 bits per heavy atom. The highest BCUT2D eigenvalue weighted by molar-refractivity contribution is 8.13. The molecule has 17 heavy (non-hydrogen) atoms. The van der Waals surface area contributed by atoms with Gasteiger partial charge in [0, 0.05) is 25.3 Å². The number of thioether (sulfide) groups is 1. The molecular weight excluding hydrogens is 249 g/mol. The molecule has 1 N–H and O–H groups in total. The Kier molecular flexibility index (Phi) is 5.16. The first-order chi connectivity index (χ1) is 7.79. The van der Waals surface area contributed by atoms with Crippen molar-refractivity contribution in [1.82, 2.24) is 5.32 Å². The van der Waals surface area contributed by atoms with Gasteiger partial charge in [-0.2, -0.15) is 13.2 Å². The van der Waals surface area contributed by atoms with Gasteiger partial charge in [-0.15, -0.1) is 0 Å². The zero-order chi connectivity index (χ0) is 12.9. The zero-order valence-corrected chi connectivity index (χ0v) is 11.0. The molecule has 0 aromatic rings. The van der Waals surface area contributed by atoms with Crippen molar-refractivity contribution in [2.75, 3.05) is 18.8 Å². The molecular formula is C11H19F3N2S. The molecule has 0 fully saturated rings. The highest BCUT2D eigenvalue weighted by atomic mass is 32.2. The maximum absolute atomic E-state index is 11.9. The van der Waals surface area contributed by atoms with Crippen LogP contribution < -0.4 is 5.32 Å². The highest BCUT2D eigenvalue weighted by Gasteiger charge is 2.26. The minimum atomic E-state index is -4.03. The lowest BCUT2D eigenvalue weighted by molar-refractivity contribution is -0.135. The van der Waals surface area contributed by atoms with Gasteiger partial charge in [-0.3, -0.25) is 4.99 Å². The van der Waals surface area contributed by atoms with Crippen molar-refractivity contribution >= 4 is 16.9 Å². The number of amidine groups is 1. The second-order valence-corrected chi connectivity index (χ2v) is 6.04. The summed E-state index contributed by atoms with van der Waals surface area (Å²) < 4.78 is 35.6. The van der Waals surface area contributed by atoms with Crippen LogP contribution in [0.3, 0.4) is 0 Å². The van der Waals surface area contributed by atoms with Crippen molar-refractivity contribution in [3.63, 3.8) is 0 Å². The van der Waals surface area contributed by atoms with Gasteiger partial charge in [0.05, 0.1) is 0 Å². The summed E-state index contributed by atoms with van der Waals surface area (Å²) in [5, 5.41) is 3.96. The maximum atomic E-state index is 11.9. The van der Waals surface area contributed by atoms with E-state index >= 15 is 0 Å². The van der Waals surface area contributed by atoms with Gasteiger partial charge in [-0.05, 0) is 18.3 Å². The Labute approximate surface area is 104 Å². The van der Waals surface area contributed by atoms with E-state index in [0.29, 0.717) is 13.0 Å². The molecule has 1 heterocycles. The first kappa shape index (κ1) is 14.7. The standard InChI is InChI=1S/C11H19F3N2S/c1-10(2)7-16-9(17-8-10)15-6-4-3-5-11(12,13)14/h3-8H2,1-2H3,(H,15,16). The fourth-order valence-electron chi connectivity index (χ4n) is 1.39. The number of hydrogen-bond donors (Lipinski definition) is 1. The molecule has 0 radical (unpaired) electrons. The van der Waals surface area contributed by atoms with E-state index < -0.39 is 12.6 Å². The number of hydrogen-bond acceptors (Lipinski definition) is 3. The largest absolute Gasteiger partial charge is 0.389 e. The number of nitrogens with one attached hydrogen (secondary N) is 1. The van der Waals surface area contributed by atoms with Crippen LogP contribution in [0.2, 0.25) is 0 Å². The Balaban J connectivity index is 2.10. The third kappa shape index (κ3) is 6.81. The van der Waals surface area contributed by atoms with Gasteiger partial charge in [0.25, 0.3) is 0 Å². The van der Waals surface area contributed by atoms with E-state index in [1.54, 1.807) is 11.8 Å². The Morgan fingerprint density at radius 2 is 2.06 bits per heavy atom. The fraction of sp³-hybridized carbons (Fsp3) is 0.909. The summed E-state index contributed by atoms with van der Waals surface area (Å²) in [4.78, 5) is 4.37. The number of unbranched alkanes of at least 4 members (excludes halogenated alkanes) is 1. The average Bonchev–Trinajstić information content (AvgIpc) is 2.18. The molecule has 6 heteroatoms. The van der Waals surface area contributed by atoms with Crippen LogP contribution in [0.15, 0.2) is 4.99 Å². The van der Waals surface area contributed by atoms with Gasteiger partial charge in [-0.1, -0.05) is 25.6 Å². The topological polar surface area (TPSA) is 24.4 Å². The monoisotopic (exact) mass is 268 g/mol. The summed E-state index contributed by atoms with van der Waals surface area (Å²) in [6, 6.07) is 0. The maximum Gasteiger partial charge on any atom is 0.389 e. The molecule has 1 rings (SSSR count). The van der Waals surface area contributed by atoms with Crippen LogP contribution in [0.4, 0.5) is 13.2 Å². The van der Waals surface area contributed by atoms with Gasteiger partial charge in [0.1, 0.15) is 0 Å². The lowest BCUT2D eigenvalue weighted by Crippen LogP contribution is -2.31. The van der Waals surface area contributed by atoms with Crippen LogP contribution in [0, 0.1) is 5.41 Å². The molecule has 1 aliphatic heterocycles. The minimum Gasteiger partial charge on any atom is -0.365 e. The fourth-order valence-corrected chi connectivity index (χ4v) is 2.37. The first-order valence-corrected chi connectivity index (χ1v) is 6.75. The van der Waals surface area contributed by atoms with Gasteiger partial charge in [0.15, 0.2) is 5.17 Å². The molecule has 1 aliphatic rings. The van der Waals surface area contributed by atoms with Crippen LogP contribution >= 0.6 is 11.8 Å². The average molecular weight is 268 g/mol. The Bertz CT molecular complexity index is 274. The first-order valence-electron chi connectivity index (χ1n) is 5.76. The predicted octanol–water partition coefficient (Wildman–Crippen LogP) is 3.44. The van der Waals surface area contributed by atoms with Crippen molar-refractivity contribution in [2.24, 2.45) is 10.4 Å². The van der Waals surface area contributed by atoms with E-state index in [2.05, 4.69) is 24.2 Å². The highest BCUT2D eigenvalue weighted by Crippen LogP contribution is 2.27. The molecule has 0 unspecified atom stereocenters. The third-order valence-corrected chi connectivity index (χ3v) is 3.89. The van der Waals surface area contributed by atoms with Crippen molar-refractivity contribution in [3.8, 4) is 0 Å². The Morgan fingerprint density at radius 1 is 1.35 bits per heavy atom. The molecule has 100 valence electrons. The van der Waals surface area contributed by atoms with Crippen molar-refractivity contribution in [3.05, 3.63) is 0 Å². The van der Waals surface area contributed by atoms with Crippen molar-refractivity contribution in [1.29, 1.82) is 0 Å². The molecule has 0 saturated carbocycles. The molecule has 0 atom stereocenters. The van der Waals surface area contributed by atoms with Gasteiger partial charge >= 0.3 is 6.18 Å². The molecule has 0 aliphatic carbocycles. The number of halogens is 3. The Hall–Kier alpha value is -0.390. The lowest BCUT2D eigenvalue weighted by atomic mass is 9.97. The number of alkyl halides is 3. The summed E-state index contributed by atoms with van der Waals surface area (Å²) in [5.74, 6) is 1.00. The van der Waals surface area contributed by atoms with Crippen LogP contribution in [0.5, 0.6) is 0 Å². The SMILES string of the molecule is CC1(C)CN=C(NCCCCC(F)(F)F)SC1. The van der Waals surface area contributed by atoms with Crippen LogP contribution in [0.1, 0.15) is 33.1 Å². The summed E-state index contributed by atoms with van der Waals surface area (Å²) in [6.45, 7) is 5.67. The van der Waals surface area contributed by atoms with Gasteiger partial charge in [-0.25, -0.2) is 0 Å². The van der Waals surface area contributed by atoms with Crippen molar-refractivity contribution in [2.45, 2.75) is 39.3 Å². The smallest absolute Gasteiger partial charge is 0.365 e. The summed E-state index contributed by atoms with van der Waals surface area (Å²) in [7, 11) is 0.